The minimum atomic E-state index is -0.0704. The minimum absolute atomic E-state index is 0.00469. The molecule has 0 aliphatic carbocycles. The average Bonchev–Trinajstić information content (AvgIpc) is 3.88. The van der Waals surface area contributed by atoms with E-state index in [1.807, 2.05) is 0 Å². The van der Waals surface area contributed by atoms with Gasteiger partial charge in [-0.1, -0.05) is 66.2 Å². The van der Waals surface area contributed by atoms with Crippen LogP contribution in [0.25, 0.3) is 82.5 Å². The first kappa shape index (κ1) is 38.4. The molecule has 57 heavy (non-hydrogen) atoms. The van der Waals surface area contributed by atoms with E-state index < -0.39 is 0 Å². The van der Waals surface area contributed by atoms with Crippen LogP contribution in [-0.2, 0) is 0 Å². The Labute approximate surface area is 351 Å². The van der Waals surface area contributed by atoms with Gasteiger partial charge in [0.15, 0.2) is 5.58 Å². The van der Waals surface area contributed by atoms with E-state index in [0.29, 0.717) is 27.5 Å². The van der Waals surface area contributed by atoms with Crippen LogP contribution >= 0.6 is 0 Å². The van der Waals surface area contributed by atoms with Crippen molar-refractivity contribution in [2.24, 2.45) is 0 Å². The van der Waals surface area contributed by atoms with Gasteiger partial charge in [-0.25, -0.2) is 0 Å². The molecule has 9 aromatic rings. The van der Waals surface area contributed by atoms with Crippen LogP contribution < -0.4 is 98.3 Å². The highest BCUT2D eigenvalue weighted by Crippen LogP contribution is 2.35. The lowest BCUT2D eigenvalue weighted by Crippen LogP contribution is -2.48. The maximum atomic E-state index is 7.17. The highest BCUT2D eigenvalue weighted by Gasteiger charge is 2.29. The summed E-state index contributed by atoms with van der Waals surface area (Å²) >= 11 is 0. The van der Waals surface area contributed by atoms with Crippen molar-refractivity contribution in [3.63, 3.8) is 0 Å². The Bertz CT molecular complexity index is 3400. The van der Waals surface area contributed by atoms with Crippen LogP contribution in [0.2, 0.25) is 0 Å². The zero-order valence-corrected chi connectivity index (χ0v) is 29.9. The van der Waals surface area contributed by atoms with Crippen molar-refractivity contribution in [2.75, 3.05) is 0 Å². The van der Waals surface area contributed by atoms with Crippen LogP contribution in [0.3, 0.4) is 0 Å². The van der Waals surface area contributed by atoms with E-state index in [-0.39, 0.29) is 153 Å². The fraction of sp³-hybridized carbons (Fsp3) is 0. The lowest BCUT2D eigenvalue weighted by atomic mass is 9.64. The quantitative estimate of drug-likeness (QED) is 0.171. The predicted molar refractivity (Wildman–Crippen MR) is 258 cm³/mol. The summed E-state index contributed by atoms with van der Waals surface area (Å²) in [5.41, 5.74) is 2.56. The third-order valence-corrected chi connectivity index (χ3v) is 11.1. The molecule has 0 bridgehead atoms. The summed E-state index contributed by atoms with van der Waals surface area (Å²) in [6.45, 7) is 0. The number of furan rings is 2. The maximum absolute atomic E-state index is 7.17. The van der Waals surface area contributed by atoms with Gasteiger partial charge in [0.25, 0.3) is 0 Å². The normalized spacial score (nSPS) is 12.1. The van der Waals surface area contributed by atoms with E-state index in [0.717, 1.165) is 0 Å². The highest BCUT2D eigenvalue weighted by atomic mass is 16.3. The van der Waals surface area contributed by atoms with Crippen molar-refractivity contribution in [1.82, 2.24) is 4.57 Å². The second-order valence-corrected chi connectivity index (χ2v) is 14.0. The Hall–Kier alpha value is -4.11. The van der Waals surface area contributed by atoms with Crippen molar-refractivity contribution in [3.05, 3.63) is 18.2 Å². The van der Waals surface area contributed by atoms with Crippen LogP contribution in [-0.4, -0.2) is 146 Å². The molecule has 3 nitrogen and oxygen atoms in total. The lowest BCUT2D eigenvalue weighted by molar-refractivity contribution is 0.670. The second-order valence-electron chi connectivity index (χ2n) is 14.0. The molecule has 218 valence electrons. The Kier molecular flexibility index (Phi) is 8.55. The second kappa shape index (κ2) is 12.7. The van der Waals surface area contributed by atoms with E-state index in [4.69, 9.17) is 150 Å². The molecule has 0 spiro atoms. The summed E-state index contributed by atoms with van der Waals surface area (Å²) in [7, 11) is 118. The predicted octanol–water partition coefficient (Wildman–Crippen LogP) is -11.5. The Morgan fingerprint density at radius 2 is 0.754 bits per heavy atom. The van der Waals surface area contributed by atoms with E-state index in [9.17, 15) is 0 Å². The summed E-state index contributed by atoms with van der Waals surface area (Å²) in [6, 6.07) is 5.17. The molecule has 0 saturated heterocycles. The maximum Gasteiger partial charge on any atom is 0.158 e. The summed E-state index contributed by atoms with van der Waals surface area (Å²) in [5, 5.41) is 1.95. The van der Waals surface area contributed by atoms with E-state index in [1.165, 1.54) is 4.57 Å². The number of nitrogens with zero attached hydrogens (tertiary/aromatic N) is 1. The zero-order valence-electron chi connectivity index (χ0n) is 29.9. The highest BCUT2D eigenvalue weighted by molar-refractivity contribution is 6.72. The van der Waals surface area contributed by atoms with Crippen molar-refractivity contribution in [2.45, 2.75) is 0 Å². The molecule has 0 fully saturated rings. The first-order valence-corrected chi connectivity index (χ1v) is 16.9. The SMILES string of the molecule is [B]c1c([B])c([B])c2c(oc3ccc(-c4c([B])c([B])c5c(c4[B])c4c([B])c([B])c([B])c([B])c4n5-c4c([B])c([B])c([B])c5c4oc4c([B])c([B])c([B])c([B])c45)cc32)c1[B]. The zero-order chi connectivity index (χ0) is 41.2. The third-order valence-electron chi connectivity index (χ3n) is 11.1. The summed E-state index contributed by atoms with van der Waals surface area (Å²) < 4.78 is 14.0. The molecule has 21 heteroatoms. The van der Waals surface area contributed by atoms with Gasteiger partial charge in [0, 0.05) is 38.0 Å². The monoisotopic (exact) mass is 679 g/mol. The van der Waals surface area contributed by atoms with E-state index in [1.54, 1.807) is 18.2 Å². The number of fused-ring (bicyclic) bond motifs is 9. The van der Waals surface area contributed by atoms with Crippen molar-refractivity contribution in [1.29, 1.82) is 0 Å². The molecule has 6 aromatic carbocycles. The topological polar surface area (TPSA) is 31.2 Å². The molecule has 0 saturated carbocycles. The van der Waals surface area contributed by atoms with Gasteiger partial charge in [0.1, 0.15) is 158 Å². The molecule has 0 unspecified atom stereocenters. The van der Waals surface area contributed by atoms with Crippen LogP contribution in [0.5, 0.6) is 0 Å². The molecular weight excluding hydrogens is 673 g/mol. The standard InChI is InChI=1S/C36H3B18NO2/c37-13-7(4-1-2-6-5(3-4)8-15(39)19(43)24(48)29(53)34(8)56-6)14(38)26(50)31-9(13)10-16(40)20(44)23(47)27(51)32(10)55(31)33-28(52)22(46)18(42)12-11-17(41)21(45)25(49)30(54)35(11)57-36(12)33/h1-3H. The summed E-state index contributed by atoms with van der Waals surface area (Å²) in [5.74, 6) is 0. The summed E-state index contributed by atoms with van der Waals surface area (Å²) in [4.78, 5) is 0. The number of hydrogen-bond donors (Lipinski definition) is 0. The average molecular weight is 676 g/mol. The van der Waals surface area contributed by atoms with E-state index in [2.05, 4.69) is 0 Å². The van der Waals surface area contributed by atoms with Crippen molar-refractivity contribution in [3.8, 4) is 16.8 Å². The van der Waals surface area contributed by atoms with Gasteiger partial charge >= 0.3 is 0 Å². The largest absolute Gasteiger partial charge is 0.457 e. The fourth-order valence-corrected chi connectivity index (χ4v) is 8.08. The number of rotatable bonds is 2. The lowest BCUT2D eigenvalue weighted by Gasteiger charge is -2.22. The number of aromatic nitrogens is 1. The van der Waals surface area contributed by atoms with Gasteiger partial charge in [-0.3, -0.25) is 0 Å². The first-order chi connectivity index (χ1) is 26.8. The molecule has 0 aliphatic rings. The van der Waals surface area contributed by atoms with Crippen LogP contribution in [0, 0.1) is 0 Å². The van der Waals surface area contributed by atoms with Gasteiger partial charge in [-0.2, -0.15) is 0 Å². The molecule has 3 aromatic heterocycles. The molecule has 0 aliphatic heterocycles. The van der Waals surface area contributed by atoms with E-state index >= 15 is 0 Å². The molecule has 3 heterocycles. The molecule has 0 atom stereocenters. The molecular formula is C36H3B18NO2. The number of benzene rings is 6. The molecule has 36 radical (unpaired) electrons. The van der Waals surface area contributed by atoms with Crippen LogP contribution in [0.1, 0.15) is 0 Å². The summed E-state index contributed by atoms with van der Waals surface area (Å²) in [6.07, 6.45) is 0. The van der Waals surface area contributed by atoms with Crippen LogP contribution in [0.4, 0.5) is 0 Å². The smallest absolute Gasteiger partial charge is 0.158 e. The van der Waals surface area contributed by atoms with Crippen molar-refractivity contribution >= 4 is 305 Å². The third kappa shape index (κ3) is 4.75. The molecule has 0 amide bonds. The Balaban J connectivity index is 1.49. The van der Waals surface area contributed by atoms with Gasteiger partial charge in [0.2, 0.25) is 0 Å². The Morgan fingerprint density at radius 1 is 0.333 bits per heavy atom. The van der Waals surface area contributed by atoms with Crippen LogP contribution in [0.15, 0.2) is 27.0 Å². The number of hydrogen-bond acceptors (Lipinski definition) is 2. The first-order valence-electron chi connectivity index (χ1n) is 16.9. The van der Waals surface area contributed by atoms with Gasteiger partial charge in [-0.15, -0.1) is 38.2 Å². The van der Waals surface area contributed by atoms with Gasteiger partial charge < -0.3 is 13.4 Å². The Morgan fingerprint density at radius 3 is 1.33 bits per heavy atom. The molecule has 9 rings (SSSR count). The van der Waals surface area contributed by atoms with Gasteiger partial charge in [0.05, 0.1) is 5.69 Å². The van der Waals surface area contributed by atoms with Gasteiger partial charge in [-0.05, 0) is 28.6 Å². The van der Waals surface area contributed by atoms with Crippen molar-refractivity contribution < 1.29 is 8.83 Å². The fourth-order valence-electron chi connectivity index (χ4n) is 8.08. The molecule has 0 N–H and O–H groups in total. The minimum Gasteiger partial charge on any atom is -0.457 e.